The standard InChI is InChI=1S/C18H15ClN6O/c1-2-13-15(19)14-16(22-11-5-3-7-20-9-11)24-18(25-17(14)23-13)26-12-6-4-8-21-10-12/h3-10H,2H2,1H3,(H2,22,23,24,25). The first kappa shape index (κ1) is 16.3. The first-order chi connectivity index (χ1) is 12.7. The van der Waals surface area contributed by atoms with Gasteiger partial charge in [0.05, 0.1) is 28.5 Å². The number of nitrogens with one attached hydrogen (secondary N) is 2. The molecule has 0 aliphatic rings. The zero-order valence-electron chi connectivity index (χ0n) is 13.9. The van der Waals surface area contributed by atoms with Gasteiger partial charge >= 0.3 is 6.01 Å². The number of nitrogens with zero attached hydrogens (tertiary/aromatic N) is 4. The van der Waals surface area contributed by atoms with Gasteiger partial charge in [0, 0.05) is 18.1 Å². The second-order valence-electron chi connectivity index (χ2n) is 5.51. The number of anilines is 2. The van der Waals surface area contributed by atoms with Crippen LogP contribution in [0, 0.1) is 0 Å². The average molecular weight is 367 g/mol. The minimum Gasteiger partial charge on any atom is -0.423 e. The highest BCUT2D eigenvalue weighted by atomic mass is 35.5. The van der Waals surface area contributed by atoms with Gasteiger partial charge in [-0.3, -0.25) is 9.97 Å². The molecule has 0 aliphatic carbocycles. The molecule has 2 N–H and O–H groups in total. The van der Waals surface area contributed by atoms with Gasteiger partial charge in [-0.05, 0) is 30.7 Å². The maximum absolute atomic E-state index is 6.52. The third kappa shape index (κ3) is 3.16. The second-order valence-corrected chi connectivity index (χ2v) is 5.88. The lowest BCUT2D eigenvalue weighted by molar-refractivity contribution is 0.443. The van der Waals surface area contributed by atoms with Crippen molar-refractivity contribution in [2.75, 3.05) is 5.32 Å². The number of H-pyrrole nitrogens is 1. The molecule has 0 bridgehead atoms. The Labute approximate surface area is 154 Å². The summed E-state index contributed by atoms with van der Waals surface area (Å²) in [6.45, 7) is 2.02. The lowest BCUT2D eigenvalue weighted by Gasteiger charge is -2.09. The molecule has 0 aliphatic heterocycles. The lowest BCUT2D eigenvalue weighted by atomic mass is 10.3. The van der Waals surface area contributed by atoms with Crippen molar-refractivity contribution in [1.29, 1.82) is 0 Å². The van der Waals surface area contributed by atoms with Gasteiger partial charge in [-0.1, -0.05) is 18.5 Å². The highest BCUT2D eigenvalue weighted by molar-refractivity contribution is 6.37. The molecular weight excluding hydrogens is 352 g/mol. The fourth-order valence-electron chi connectivity index (χ4n) is 2.55. The van der Waals surface area contributed by atoms with E-state index in [1.165, 1.54) is 0 Å². The molecule has 0 amide bonds. The Morgan fingerprint density at radius 1 is 1.12 bits per heavy atom. The molecule has 4 heterocycles. The van der Waals surface area contributed by atoms with Crippen LogP contribution in [0.2, 0.25) is 5.02 Å². The van der Waals surface area contributed by atoms with Crippen LogP contribution < -0.4 is 10.1 Å². The molecule has 4 aromatic heterocycles. The van der Waals surface area contributed by atoms with E-state index in [0.29, 0.717) is 27.6 Å². The quantitative estimate of drug-likeness (QED) is 0.540. The maximum atomic E-state index is 6.52. The molecule has 0 spiro atoms. The number of halogens is 1. The highest BCUT2D eigenvalue weighted by Gasteiger charge is 2.18. The molecule has 0 aromatic carbocycles. The van der Waals surface area contributed by atoms with E-state index < -0.39 is 0 Å². The molecule has 7 nitrogen and oxygen atoms in total. The third-order valence-corrected chi connectivity index (χ3v) is 4.18. The summed E-state index contributed by atoms with van der Waals surface area (Å²) >= 11 is 6.52. The molecular formula is C18H15ClN6O. The van der Waals surface area contributed by atoms with Crippen molar-refractivity contribution in [2.45, 2.75) is 13.3 Å². The largest absolute Gasteiger partial charge is 0.423 e. The fraction of sp³-hybridized carbons (Fsp3) is 0.111. The van der Waals surface area contributed by atoms with Crippen molar-refractivity contribution in [3.63, 3.8) is 0 Å². The molecule has 0 saturated carbocycles. The van der Waals surface area contributed by atoms with Gasteiger partial charge < -0.3 is 15.0 Å². The van der Waals surface area contributed by atoms with Crippen LogP contribution in [0.15, 0.2) is 49.1 Å². The molecule has 4 aromatic rings. The molecule has 8 heteroatoms. The van der Waals surface area contributed by atoms with E-state index in [2.05, 4.69) is 30.2 Å². The van der Waals surface area contributed by atoms with Gasteiger partial charge in [-0.2, -0.15) is 9.97 Å². The molecule has 26 heavy (non-hydrogen) atoms. The lowest BCUT2D eigenvalue weighted by Crippen LogP contribution is -1.99. The molecule has 4 rings (SSSR count). The molecule has 0 saturated heterocycles. The maximum Gasteiger partial charge on any atom is 0.326 e. The molecule has 0 radical (unpaired) electrons. The van der Waals surface area contributed by atoms with Gasteiger partial charge in [0.2, 0.25) is 0 Å². The van der Waals surface area contributed by atoms with E-state index in [1.54, 1.807) is 36.9 Å². The van der Waals surface area contributed by atoms with E-state index in [9.17, 15) is 0 Å². The van der Waals surface area contributed by atoms with E-state index in [-0.39, 0.29) is 6.01 Å². The summed E-state index contributed by atoms with van der Waals surface area (Å²) in [6, 6.07) is 7.49. The monoisotopic (exact) mass is 366 g/mol. The van der Waals surface area contributed by atoms with Gasteiger partial charge in [0.1, 0.15) is 17.2 Å². The Kier molecular flexibility index (Phi) is 4.37. The number of fused-ring (bicyclic) bond motifs is 1. The van der Waals surface area contributed by atoms with Crippen LogP contribution in [0.1, 0.15) is 12.6 Å². The van der Waals surface area contributed by atoms with Gasteiger partial charge in [-0.25, -0.2) is 0 Å². The average Bonchev–Trinajstić information content (AvgIpc) is 2.99. The van der Waals surface area contributed by atoms with Crippen LogP contribution in [0.3, 0.4) is 0 Å². The molecule has 0 atom stereocenters. The highest BCUT2D eigenvalue weighted by Crippen LogP contribution is 2.35. The van der Waals surface area contributed by atoms with Crippen LogP contribution in [-0.4, -0.2) is 24.9 Å². The number of ether oxygens (including phenoxy) is 1. The van der Waals surface area contributed by atoms with Crippen molar-refractivity contribution < 1.29 is 4.74 Å². The molecule has 0 unspecified atom stereocenters. The molecule has 130 valence electrons. The molecule has 0 fully saturated rings. The topological polar surface area (TPSA) is 88.6 Å². The summed E-state index contributed by atoms with van der Waals surface area (Å²) in [6.07, 6.45) is 7.43. The van der Waals surface area contributed by atoms with Gasteiger partial charge in [-0.15, -0.1) is 0 Å². The minimum atomic E-state index is 0.192. The normalized spacial score (nSPS) is 10.8. The van der Waals surface area contributed by atoms with Crippen molar-refractivity contribution in [3.8, 4) is 11.8 Å². The number of hydrogen-bond acceptors (Lipinski definition) is 6. The summed E-state index contributed by atoms with van der Waals surface area (Å²) in [7, 11) is 0. The fourth-order valence-corrected chi connectivity index (χ4v) is 2.91. The Morgan fingerprint density at radius 3 is 2.62 bits per heavy atom. The van der Waals surface area contributed by atoms with Crippen molar-refractivity contribution in [3.05, 3.63) is 59.8 Å². The first-order valence-electron chi connectivity index (χ1n) is 8.07. The SMILES string of the molecule is CCc1[nH]c2nc(Oc3cccnc3)nc(Nc3cccnc3)c2c1Cl. The zero-order valence-corrected chi connectivity index (χ0v) is 14.7. The summed E-state index contributed by atoms with van der Waals surface area (Å²) < 4.78 is 5.74. The number of aromatic nitrogens is 5. The van der Waals surface area contributed by atoms with E-state index in [1.807, 2.05) is 19.1 Å². The number of hydrogen-bond donors (Lipinski definition) is 2. The Bertz CT molecular complexity index is 1040. The Hall–Kier alpha value is -3.19. The third-order valence-electron chi connectivity index (χ3n) is 3.76. The van der Waals surface area contributed by atoms with Crippen molar-refractivity contribution in [1.82, 2.24) is 24.9 Å². The Balaban J connectivity index is 1.81. The van der Waals surface area contributed by atoms with Crippen LogP contribution in [0.25, 0.3) is 11.0 Å². The van der Waals surface area contributed by atoms with Crippen LogP contribution >= 0.6 is 11.6 Å². The summed E-state index contributed by atoms with van der Waals surface area (Å²) in [5.74, 6) is 1.09. The minimum absolute atomic E-state index is 0.192. The summed E-state index contributed by atoms with van der Waals surface area (Å²) in [5, 5.41) is 4.55. The second kappa shape index (κ2) is 6.97. The van der Waals surface area contributed by atoms with Crippen molar-refractivity contribution >= 4 is 34.1 Å². The van der Waals surface area contributed by atoms with Gasteiger partial charge in [0.25, 0.3) is 0 Å². The smallest absolute Gasteiger partial charge is 0.326 e. The van der Waals surface area contributed by atoms with Crippen LogP contribution in [-0.2, 0) is 6.42 Å². The predicted octanol–water partition coefficient (Wildman–Crippen LogP) is 4.50. The number of aryl methyl sites for hydroxylation is 1. The van der Waals surface area contributed by atoms with E-state index in [0.717, 1.165) is 17.8 Å². The summed E-state index contributed by atoms with van der Waals surface area (Å²) in [4.78, 5) is 20.3. The predicted molar refractivity (Wildman–Crippen MR) is 100 cm³/mol. The van der Waals surface area contributed by atoms with Crippen LogP contribution in [0.4, 0.5) is 11.5 Å². The van der Waals surface area contributed by atoms with Crippen molar-refractivity contribution in [2.24, 2.45) is 0 Å². The number of aromatic amines is 1. The first-order valence-corrected chi connectivity index (χ1v) is 8.45. The van der Waals surface area contributed by atoms with E-state index >= 15 is 0 Å². The Morgan fingerprint density at radius 2 is 1.92 bits per heavy atom. The van der Waals surface area contributed by atoms with Crippen LogP contribution in [0.5, 0.6) is 11.8 Å². The van der Waals surface area contributed by atoms with E-state index in [4.69, 9.17) is 16.3 Å². The zero-order chi connectivity index (χ0) is 17.9. The van der Waals surface area contributed by atoms with Gasteiger partial charge in [0.15, 0.2) is 0 Å². The summed E-state index contributed by atoms with van der Waals surface area (Å²) in [5.41, 5.74) is 2.28. The number of rotatable bonds is 5. The number of pyridine rings is 2.